The van der Waals surface area contributed by atoms with Crippen LogP contribution in [0.25, 0.3) is 0 Å². The smallest absolute Gasteiger partial charge is 0.120 e. The zero-order chi connectivity index (χ0) is 17.9. The first-order valence-corrected chi connectivity index (χ1v) is 9.33. The average Bonchev–Trinajstić information content (AvgIpc) is 2.61. The van der Waals surface area contributed by atoms with Gasteiger partial charge < -0.3 is 15.7 Å². The van der Waals surface area contributed by atoms with Gasteiger partial charge in [0.25, 0.3) is 0 Å². The summed E-state index contributed by atoms with van der Waals surface area (Å²) in [5.41, 5.74) is 4.70. The molecule has 1 aliphatic rings. The standard InChI is InChI=1S/C22H30N2O.ClH/c1-22(2,3)18-10-11-21(25)17(13-18)15-24-19-8-6-7-16(14-19)20-9-4-5-12-23-20;/h6-8,10-11,13-14,20,23-25H,4-5,9,12,15H2,1-3H3;1H/t20-;/m0./s1. The van der Waals surface area contributed by atoms with Crippen molar-refractivity contribution in [1.29, 1.82) is 0 Å². The molecule has 0 radical (unpaired) electrons. The van der Waals surface area contributed by atoms with Crippen molar-refractivity contribution in [3.05, 3.63) is 59.2 Å². The molecule has 0 saturated carbocycles. The van der Waals surface area contributed by atoms with E-state index in [4.69, 9.17) is 0 Å². The van der Waals surface area contributed by atoms with E-state index in [1.807, 2.05) is 6.07 Å². The second-order valence-electron chi connectivity index (χ2n) is 8.07. The van der Waals surface area contributed by atoms with Crippen molar-refractivity contribution in [3.63, 3.8) is 0 Å². The van der Waals surface area contributed by atoms with E-state index in [1.165, 1.54) is 30.4 Å². The first kappa shape index (κ1) is 20.6. The summed E-state index contributed by atoms with van der Waals surface area (Å²) in [5.74, 6) is 0.352. The average molecular weight is 375 g/mol. The highest BCUT2D eigenvalue weighted by molar-refractivity contribution is 5.85. The van der Waals surface area contributed by atoms with Crippen molar-refractivity contribution in [2.75, 3.05) is 11.9 Å². The number of nitrogens with one attached hydrogen (secondary N) is 2. The molecule has 2 aromatic carbocycles. The summed E-state index contributed by atoms with van der Waals surface area (Å²) < 4.78 is 0. The van der Waals surface area contributed by atoms with Gasteiger partial charge in [0, 0.05) is 23.8 Å². The van der Waals surface area contributed by atoms with E-state index in [0.29, 0.717) is 18.3 Å². The fourth-order valence-electron chi connectivity index (χ4n) is 3.39. The number of benzene rings is 2. The number of aromatic hydroxyl groups is 1. The Morgan fingerprint density at radius 2 is 1.92 bits per heavy atom. The first-order chi connectivity index (χ1) is 11.9. The van der Waals surface area contributed by atoms with Gasteiger partial charge in [-0.2, -0.15) is 0 Å². The van der Waals surface area contributed by atoms with Gasteiger partial charge in [-0.15, -0.1) is 12.4 Å². The predicted octanol–water partition coefficient (Wildman–Crippen LogP) is 5.54. The highest BCUT2D eigenvalue weighted by atomic mass is 35.5. The summed E-state index contributed by atoms with van der Waals surface area (Å²) in [6, 6.07) is 15.0. The maximum absolute atomic E-state index is 10.2. The second kappa shape index (κ2) is 8.79. The molecule has 3 N–H and O–H groups in total. The number of phenols is 1. The minimum Gasteiger partial charge on any atom is -0.508 e. The third kappa shape index (κ3) is 5.15. The molecule has 0 aliphatic carbocycles. The molecule has 26 heavy (non-hydrogen) atoms. The van der Waals surface area contributed by atoms with E-state index in [0.717, 1.165) is 17.8 Å². The lowest BCUT2D eigenvalue weighted by molar-refractivity contribution is 0.412. The van der Waals surface area contributed by atoms with Crippen molar-refractivity contribution >= 4 is 18.1 Å². The van der Waals surface area contributed by atoms with Crippen LogP contribution in [0.4, 0.5) is 5.69 Å². The molecule has 1 heterocycles. The molecular formula is C22H31ClN2O. The number of phenolic OH excluding ortho intramolecular Hbond substituents is 1. The molecule has 142 valence electrons. The quantitative estimate of drug-likeness (QED) is 0.658. The monoisotopic (exact) mass is 374 g/mol. The number of piperidine rings is 1. The maximum Gasteiger partial charge on any atom is 0.120 e. The number of halogens is 1. The van der Waals surface area contributed by atoms with E-state index >= 15 is 0 Å². The molecule has 1 aliphatic heterocycles. The van der Waals surface area contributed by atoms with E-state index in [1.54, 1.807) is 6.07 Å². The zero-order valence-corrected chi connectivity index (χ0v) is 16.8. The molecule has 1 atom stereocenters. The van der Waals surface area contributed by atoms with Gasteiger partial charge in [-0.25, -0.2) is 0 Å². The zero-order valence-electron chi connectivity index (χ0n) is 16.0. The van der Waals surface area contributed by atoms with Crippen LogP contribution in [0.3, 0.4) is 0 Å². The summed E-state index contributed by atoms with van der Waals surface area (Å²) in [4.78, 5) is 0. The Morgan fingerprint density at radius 3 is 2.62 bits per heavy atom. The van der Waals surface area contributed by atoms with Crippen LogP contribution in [0.15, 0.2) is 42.5 Å². The first-order valence-electron chi connectivity index (χ1n) is 9.33. The van der Waals surface area contributed by atoms with Crippen LogP contribution in [-0.4, -0.2) is 11.7 Å². The van der Waals surface area contributed by atoms with E-state index in [-0.39, 0.29) is 17.8 Å². The Hall–Kier alpha value is -1.71. The van der Waals surface area contributed by atoms with Crippen LogP contribution in [-0.2, 0) is 12.0 Å². The molecule has 0 unspecified atom stereocenters. The summed E-state index contributed by atoms with van der Waals surface area (Å²) in [5, 5.41) is 17.3. The fourth-order valence-corrected chi connectivity index (χ4v) is 3.39. The van der Waals surface area contributed by atoms with Gasteiger partial charge in [-0.1, -0.05) is 45.4 Å². The topological polar surface area (TPSA) is 44.3 Å². The maximum atomic E-state index is 10.2. The molecule has 1 fully saturated rings. The lowest BCUT2D eigenvalue weighted by Gasteiger charge is -2.24. The largest absolute Gasteiger partial charge is 0.508 e. The highest BCUT2D eigenvalue weighted by Crippen LogP contribution is 2.29. The second-order valence-corrected chi connectivity index (χ2v) is 8.07. The van der Waals surface area contributed by atoms with Crippen LogP contribution in [0.5, 0.6) is 5.75 Å². The van der Waals surface area contributed by atoms with Crippen LogP contribution < -0.4 is 10.6 Å². The molecule has 2 aromatic rings. The highest BCUT2D eigenvalue weighted by Gasteiger charge is 2.16. The van der Waals surface area contributed by atoms with Gasteiger partial charge in [-0.05, 0) is 60.2 Å². The Balaban J connectivity index is 0.00000243. The third-order valence-electron chi connectivity index (χ3n) is 5.03. The fraction of sp³-hybridized carbons (Fsp3) is 0.455. The SMILES string of the molecule is CC(C)(C)c1ccc(O)c(CNc2cccc([C@@H]3CCCCN3)c2)c1.Cl. The van der Waals surface area contributed by atoms with Gasteiger partial charge >= 0.3 is 0 Å². The molecule has 0 spiro atoms. The predicted molar refractivity (Wildman–Crippen MR) is 112 cm³/mol. The van der Waals surface area contributed by atoms with Gasteiger partial charge in [0.2, 0.25) is 0 Å². The molecule has 1 saturated heterocycles. The van der Waals surface area contributed by atoms with Crippen molar-refractivity contribution in [1.82, 2.24) is 5.32 Å². The van der Waals surface area contributed by atoms with E-state index in [9.17, 15) is 5.11 Å². The molecule has 0 bridgehead atoms. The summed E-state index contributed by atoms with van der Waals surface area (Å²) in [7, 11) is 0. The minimum absolute atomic E-state index is 0. The van der Waals surface area contributed by atoms with Crippen molar-refractivity contribution in [2.45, 2.75) is 58.0 Å². The summed E-state index contributed by atoms with van der Waals surface area (Å²) in [6.45, 7) is 8.30. The molecule has 3 nitrogen and oxygen atoms in total. The van der Waals surface area contributed by atoms with Crippen molar-refractivity contribution in [2.24, 2.45) is 0 Å². The normalized spacial score (nSPS) is 17.4. The molecule has 3 rings (SSSR count). The van der Waals surface area contributed by atoms with Gasteiger partial charge in [0.05, 0.1) is 0 Å². The number of hydrogen-bond acceptors (Lipinski definition) is 3. The van der Waals surface area contributed by atoms with Gasteiger partial charge in [-0.3, -0.25) is 0 Å². The van der Waals surface area contributed by atoms with Gasteiger partial charge in [0.15, 0.2) is 0 Å². The van der Waals surface area contributed by atoms with Crippen molar-refractivity contribution in [3.8, 4) is 5.75 Å². The summed E-state index contributed by atoms with van der Waals surface area (Å²) in [6.07, 6.45) is 3.78. The number of rotatable bonds is 4. The van der Waals surface area contributed by atoms with Crippen molar-refractivity contribution < 1.29 is 5.11 Å². The third-order valence-corrected chi connectivity index (χ3v) is 5.03. The number of hydrogen-bond donors (Lipinski definition) is 3. The minimum atomic E-state index is 0. The van der Waals surface area contributed by atoms with E-state index < -0.39 is 0 Å². The Morgan fingerprint density at radius 1 is 1.12 bits per heavy atom. The van der Waals surface area contributed by atoms with Crippen LogP contribution in [0, 0.1) is 0 Å². The molecule has 0 amide bonds. The Labute approximate surface area is 163 Å². The molecule has 0 aromatic heterocycles. The summed E-state index contributed by atoms with van der Waals surface area (Å²) >= 11 is 0. The van der Waals surface area contributed by atoms with Crippen LogP contribution in [0.1, 0.15) is 62.8 Å². The Bertz CT molecular complexity index is 718. The molecular weight excluding hydrogens is 344 g/mol. The van der Waals surface area contributed by atoms with Crippen LogP contribution in [0.2, 0.25) is 0 Å². The van der Waals surface area contributed by atoms with Crippen LogP contribution >= 0.6 is 12.4 Å². The van der Waals surface area contributed by atoms with E-state index in [2.05, 4.69) is 61.7 Å². The lowest BCUT2D eigenvalue weighted by atomic mass is 9.86. The molecule has 4 heteroatoms. The van der Waals surface area contributed by atoms with Gasteiger partial charge in [0.1, 0.15) is 5.75 Å². The number of anilines is 1. The Kier molecular flexibility index (Phi) is 6.96. The lowest BCUT2D eigenvalue weighted by Crippen LogP contribution is -2.26.